The van der Waals surface area contributed by atoms with Crippen molar-refractivity contribution in [2.45, 2.75) is 18.9 Å². The van der Waals surface area contributed by atoms with Crippen LogP contribution in [-0.4, -0.2) is 30.3 Å². The molecule has 0 aliphatic heterocycles. The van der Waals surface area contributed by atoms with Crippen LogP contribution in [0.15, 0.2) is 48.8 Å². The van der Waals surface area contributed by atoms with Crippen molar-refractivity contribution < 1.29 is 13.6 Å². The summed E-state index contributed by atoms with van der Waals surface area (Å²) in [5.74, 6) is -0.593. The Bertz CT molecular complexity index is 1250. The van der Waals surface area contributed by atoms with Crippen LogP contribution in [0.1, 0.15) is 27.4 Å². The molecule has 1 N–H and O–H groups in total. The first kappa shape index (κ1) is 20.2. The lowest BCUT2D eigenvalue weighted by Crippen LogP contribution is -2.15. The highest BCUT2D eigenvalue weighted by atomic mass is 35.5. The van der Waals surface area contributed by atoms with Crippen LogP contribution in [0.25, 0.3) is 5.65 Å². The van der Waals surface area contributed by atoms with Gasteiger partial charge in [0.05, 0.1) is 18.4 Å². The number of amides is 1. The van der Waals surface area contributed by atoms with Gasteiger partial charge in [0, 0.05) is 23.0 Å². The molecule has 7 nitrogen and oxygen atoms in total. The first-order valence-electron chi connectivity index (χ1n) is 8.72. The molecular formula is C19H14Cl2F2N6O. The van der Waals surface area contributed by atoms with Gasteiger partial charge in [-0.1, -0.05) is 23.7 Å². The number of carbonyl (C=O) groups excluding carboxylic acids is 1. The zero-order valence-corrected chi connectivity index (χ0v) is 17.0. The van der Waals surface area contributed by atoms with Gasteiger partial charge in [-0.3, -0.25) is 9.48 Å². The lowest BCUT2D eigenvalue weighted by Gasteiger charge is -2.10. The molecule has 1 aromatic carbocycles. The highest BCUT2D eigenvalue weighted by Crippen LogP contribution is 2.32. The van der Waals surface area contributed by atoms with E-state index in [-0.39, 0.29) is 11.3 Å². The summed E-state index contributed by atoms with van der Waals surface area (Å²) < 4.78 is 29.9. The second-order valence-corrected chi connectivity index (χ2v) is 7.50. The van der Waals surface area contributed by atoms with E-state index in [0.29, 0.717) is 22.9 Å². The van der Waals surface area contributed by atoms with Crippen LogP contribution in [-0.2, 0) is 11.9 Å². The number of halogens is 4. The lowest BCUT2D eigenvalue weighted by atomic mass is 10.2. The van der Waals surface area contributed by atoms with Gasteiger partial charge in [0.1, 0.15) is 5.69 Å². The third-order valence-electron chi connectivity index (χ3n) is 4.20. The molecule has 0 radical (unpaired) electrons. The number of aryl methyl sites for hydroxylation is 1. The second kappa shape index (κ2) is 7.66. The van der Waals surface area contributed by atoms with Crippen molar-refractivity contribution in [2.24, 2.45) is 0 Å². The van der Waals surface area contributed by atoms with E-state index in [1.165, 1.54) is 12.3 Å². The van der Waals surface area contributed by atoms with Gasteiger partial charge in [0.15, 0.2) is 11.3 Å². The summed E-state index contributed by atoms with van der Waals surface area (Å²) in [5, 5.41) is 7.72. The Morgan fingerprint density at radius 1 is 1.27 bits per heavy atom. The number of carbonyl (C=O) groups is 1. The van der Waals surface area contributed by atoms with Gasteiger partial charge in [-0.05, 0) is 42.3 Å². The van der Waals surface area contributed by atoms with Gasteiger partial charge in [0.25, 0.3) is 5.91 Å². The first-order valence-corrected chi connectivity index (χ1v) is 9.47. The molecule has 11 heteroatoms. The zero-order chi connectivity index (χ0) is 21.5. The molecule has 3 heterocycles. The summed E-state index contributed by atoms with van der Waals surface area (Å²) >= 11 is 11.1. The molecular weight excluding hydrogens is 437 g/mol. The number of fused-ring (bicyclic) bond motifs is 1. The van der Waals surface area contributed by atoms with Gasteiger partial charge >= 0.3 is 5.38 Å². The van der Waals surface area contributed by atoms with Crippen LogP contribution in [0.2, 0.25) is 5.02 Å². The van der Waals surface area contributed by atoms with Crippen LogP contribution in [0.3, 0.4) is 0 Å². The standard InChI is InChI=1S/C19H14Cl2F2N6O/c1-11-5-16(19(21,22)23)29-17(25-11)7-15(27-29)18(30)26-14-8-24-28(10-14)9-12-3-2-4-13(20)6-12/h2-8,10H,9H2,1H3,(H,26,30). The summed E-state index contributed by atoms with van der Waals surface area (Å²) in [6.45, 7) is 2.01. The maximum atomic E-state index is 13.7. The van der Waals surface area contributed by atoms with Gasteiger partial charge in [-0.2, -0.15) is 19.0 Å². The van der Waals surface area contributed by atoms with Gasteiger partial charge in [0.2, 0.25) is 0 Å². The number of nitrogens with zero attached hydrogens (tertiary/aromatic N) is 5. The maximum Gasteiger partial charge on any atom is 0.364 e. The predicted molar refractivity (Wildman–Crippen MR) is 108 cm³/mol. The number of nitrogens with one attached hydrogen (secondary N) is 1. The van der Waals surface area contributed by atoms with E-state index in [9.17, 15) is 13.6 Å². The molecule has 0 unspecified atom stereocenters. The van der Waals surface area contributed by atoms with E-state index < -0.39 is 17.0 Å². The Labute approximate surface area is 179 Å². The number of anilines is 1. The van der Waals surface area contributed by atoms with Crippen molar-refractivity contribution in [3.05, 3.63) is 76.5 Å². The summed E-state index contributed by atoms with van der Waals surface area (Å²) in [6, 6.07) is 9.76. The normalized spacial score (nSPS) is 11.8. The van der Waals surface area contributed by atoms with Crippen LogP contribution >= 0.6 is 23.2 Å². The Morgan fingerprint density at radius 2 is 2.07 bits per heavy atom. The van der Waals surface area contributed by atoms with Gasteiger partial charge < -0.3 is 5.32 Å². The van der Waals surface area contributed by atoms with Crippen LogP contribution in [0.4, 0.5) is 14.5 Å². The van der Waals surface area contributed by atoms with E-state index in [4.69, 9.17) is 23.2 Å². The molecule has 0 bridgehead atoms. The molecule has 4 rings (SSSR count). The van der Waals surface area contributed by atoms with Crippen molar-refractivity contribution >= 4 is 40.4 Å². The summed E-state index contributed by atoms with van der Waals surface area (Å²) in [7, 11) is 0. The fourth-order valence-corrected chi connectivity index (χ4v) is 3.29. The molecule has 3 aromatic heterocycles. The van der Waals surface area contributed by atoms with E-state index in [1.807, 2.05) is 18.2 Å². The highest BCUT2D eigenvalue weighted by molar-refractivity contribution is 6.30. The Balaban J connectivity index is 1.54. The monoisotopic (exact) mass is 450 g/mol. The minimum atomic E-state index is -3.66. The summed E-state index contributed by atoms with van der Waals surface area (Å²) in [4.78, 5) is 16.7. The van der Waals surface area contributed by atoms with Crippen molar-refractivity contribution in [1.82, 2.24) is 24.4 Å². The fraction of sp³-hybridized carbons (Fsp3) is 0.158. The van der Waals surface area contributed by atoms with Crippen molar-refractivity contribution in [2.75, 3.05) is 5.32 Å². The first-order chi connectivity index (χ1) is 14.2. The third kappa shape index (κ3) is 4.27. The number of rotatable bonds is 5. The number of aromatic nitrogens is 5. The average Bonchev–Trinajstić information content (AvgIpc) is 3.27. The fourth-order valence-electron chi connectivity index (χ4n) is 2.95. The number of hydrogen-bond acceptors (Lipinski definition) is 4. The quantitative estimate of drug-likeness (QED) is 0.454. The van der Waals surface area contributed by atoms with Gasteiger partial charge in [-0.15, -0.1) is 0 Å². The number of benzene rings is 1. The third-order valence-corrected chi connectivity index (χ3v) is 4.63. The molecule has 0 saturated carbocycles. The topological polar surface area (TPSA) is 77.1 Å². The molecule has 0 aliphatic carbocycles. The molecule has 30 heavy (non-hydrogen) atoms. The number of hydrogen-bond donors (Lipinski definition) is 1. The van der Waals surface area contributed by atoms with Crippen molar-refractivity contribution in [1.29, 1.82) is 0 Å². The maximum absolute atomic E-state index is 13.7. The SMILES string of the molecule is Cc1cc(C(F)(F)Cl)n2nc(C(=O)Nc3cnn(Cc4cccc(Cl)c4)c3)cc2n1. The molecule has 0 atom stereocenters. The highest BCUT2D eigenvalue weighted by Gasteiger charge is 2.32. The van der Waals surface area contributed by atoms with Crippen molar-refractivity contribution in [3.63, 3.8) is 0 Å². The Kier molecular flexibility index (Phi) is 5.17. The molecule has 154 valence electrons. The molecule has 1 amide bonds. The summed E-state index contributed by atoms with van der Waals surface area (Å²) in [6.07, 6.45) is 3.11. The Morgan fingerprint density at radius 3 is 2.80 bits per heavy atom. The minimum absolute atomic E-state index is 0.0853. The summed E-state index contributed by atoms with van der Waals surface area (Å²) in [5.41, 5.74) is 1.13. The van der Waals surface area contributed by atoms with E-state index >= 15 is 0 Å². The van der Waals surface area contributed by atoms with Crippen LogP contribution < -0.4 is 5.32 Å². The molecule has 0 fully saturated rings. The smallest absolute Gasteiger partial charge is 0.318 e. The largest absolute Gasteiger partial charge is 0.364 e. The molecule has 4 aromatic rings. The average molecular weight is 451 g/mol. The Hall–Kier alpha value is -3.04. The van der Waals surface area contributed by atoms with Crippen molar-refractivity contribution in [3.8, 4) is 0 Å². The lowest BCUT2D eigenvalue weighted by molar-refractivity contribution is 0.0868. The van der Waals surface area contributed by atoms with E-state index in [2.05, 4.69) is 20.5 Å². The van der Waals surface area contributed by atoms with Gasteiger partial charge in [-0.25, -0.2) is 9.50 Å². The molecule has 0 saturated heterocycles. The molecule has 0 spiro atoms. The molecule has 0 aliphatic rings. The van der Waals surface area contributed by atoms with E-state index in [0.717, 1.165) is 16.1 Å². The van der Waals surface area contributed by atoms with E-state index in [1.54, 1.807) is 23.9 Å². The second-order valence-electron chi connectivity index (χ2n) is 6.59. The number of alkyl halides is 3. The zero-order valence-electron chi connectivity index (χ0n) is 15.5. The van der Waals surface area contributed by atoms with Crippen LogP contribution in [0, 0.1) is 6.92 Å². The minimum Gasteiger partial charge on any atom is -0.318 e. The van der Waals surface area contributed by atoms with Crippen LogP contribution in [0.5, 0.6) is 0 Å². The predicted octanol–water partition coefficient (Wildman–Crippen LogP) is 4.48.